The number of carbonyl (C=O) groups is 1. The zero-order valence-corrected chi connectivity index (χ0v) is 11.7. The minimum atomic E-state index is -0.885. The summed E-state index contributed by atoms with van der Waals surface area (Å²) in [4.78, 5) is 12.6. The summed E-state index contributed by atoms with van der Waals surface area (Å²) in [5.74, 6) is -1.18. The van der Waals surface area contributed by atoms with Crippen LogP contribution in [0, 0.1) is 12.7 Å². The molecule has 19 heavy (non-hydrogen) atoms. The second-order valence-corrected chi connectivity index (χ2v) is 4.91. The number of thiocarbonyl (C=S) groups is 1. The van der Waals surface area contributed by atoms with Crippen molar-refractivity contribution in [3.05, 3.63) is 35.1 Å². The summed E-state index contributed by atoms with van der Waals surface area (Å²) >= 11 is 5.03. The number of hydrogen-bond donors (Lipinski definition) is 2. The summed E-state index contributed by atoms with van der Waals surface area (Å²) < 4.78 is 13.3. The molecule has 1 unspecified atom stereocenters. The number of aryl methyl sites for hydroxylation is 1. The Morgan fingerprint density at radius 3 is 2.68 bits per heavy atom. The molecule has 0 aliphatic carbocycles. The minimum absolute atomic E-state index is 0.00418. The van der Waals surface area contributed by atoms with Crippen LogP contribution in [0.1, 0.15) is 23.6 Å². The van der Waals surface area contributed by atoms with Gasteiger partial charge in [-0.05, 0) is 31.2 Å². The summed E-state index contributed by atoms with van der Waals surface area (Å²) in [6, 6.07) is 4.26. The number of nitrogens with two attached hydrogens (primary N) is 1. The van der Waals surface area contributed by atoms with E-state index in [0.29, 0.717) is 12.1 Å². The minimum Gasteiger partial charge on any atom is -0.481 e. The van der Waals surface area contributed by atoms with E-state index in [1.807, 2.05) is 0 Å². The largest absolute Gasteiger partial charge is 0.481 e. The number of carboxylic acid groups (broad SMARTS) is 1. The van der Waals surface area contributed by atoms with Gasteiger partial charge in [0.05, 0.1) is 17.5 Å². The normalized spacial score (nSPS) is 12.4. The lowest BCUT2D eigenvalue weighted by molar-refractivity contribution is -0.137. The van der Waals surface area contributed by atoms with Crippen LogP contribution in [0.3, 0.4) is 0 Å². The van der Waals surface area contributed by atoms with Gasteiger partial charge in [0.2, 0.25) is 0 Å². The summed E-state index contributed by atoms with van der Waals surface area (Å²) in [5, 5.41) is 8.69. The Hall–Kier alpha value is -1.53. The van der Waals surface area contributed by atoms with Gasteiger partial charge in [-0.1, -0.05) is 24.4 Å². The zero-order chi connectivity index (χ0) is 14.6. The molecule has 0 spiro atoms. The van der Waals surface area contributed by atoms with Crippen LogP contribution < -0.4 is 5.73 Å². The topological polar surface area (TPSA) is 66.6 Å². The highest BCUT2D eigenvalue weighted by Gasteiger charge is 2.21. The van der Waals surface area contributed by atoms with E-state index < -0.39 is 12.0 Å². The number of benzene rings is 1. The number of carboxylic acids is 1. The van der Waals surface area contributed by atoms with E-state index in [2.05, 4.69) is 0 Å². The van der Waals surface area contributed by atoms with Gasteiger partial charge in [0.1, 0.15) is 5.82 Å². The standard InChI is InChI=1S/C13H17FN2O2S/c1-8-7-9(3-4-10(8)14)12(13(15)19)16(2)6-5-11(17)18/h3-4,7,12H,5-6H2,1-2H3,(H2,15,19)(H,17,18). The lowest BCUT2D eigenvalue weighted by atomic mass is 10.0. The number of aliphatic carboxylic acids is 1. The predicted molar refractivity (Wildman–Crippen MR) is 75.5 cm³/mol. The lowest BCUT2D eigenvalue weighted by Gasteiger charge is -2.27. The molecule has 6 heteroatoms. The summed E-state index contributed by atoms with van der Waals surface area (Å²) in [5.41, 5.74) is 6.98. The van der Waals surface area contributed by atoms with E-state index in [1.165, 1.54) is 6.07 Å². The summed E-state index contributed by atoms with van der Waals surface area (Å²) in [6.45, 7) is 1.97. The van der Waals surface area contributed by atoms with E-state index in [4.69, 9.17) is 23.1 Å². The molecular formula is C13H17FN2O2S. The fraction of sp³-hybridized carbons (Fsp3) is 0.385. The van der Waals surface area contributed by atoms with Gasteiger partial charge in [0.15, 0.2) is 0 Å². The first-order chi connectivity index (χ1) is 8.82. The van der Waals surface area contributed by atoms with Gasteiger partial charge >= 0.3 is 5.97 Å². The molecule has 0 saturated carbocycles. The first kappa shape index (κ1) is 15.5. The molecule has 1 rings (SSSR count). The van der Waals surface area contributed by atoms with Gasteiger partial charge in [-0.3, -0.25) is 9.69 Å². The Kier molecular flexibility index (Phi) is 5.38. The van der Waals surface area contributed by atoms with Gasteiger partial charge in [-0.2, -0.15) is 0 Å². The van der Waals surface area contributed by atoms with Crippen molar-refractivity contribution in [3.63, 3.8) is 0 Å². The van der Waals surface area contributed by atoms with Crippen molar-refractivity contribution in [2.75, 3.05) is 13.6 Å². The van der Waals surface area contributed by atoms with Crippen molar-refractivity contribution in [1.82, 2.24) is 4.90 Å². The number of rotatable bonds is 6. The maximum atomic E-state index is 13.3. The molecule has 0 aliphatic rings. The molecule has 0 saturated heterocycles. The van der Waals surface area contributed by atoms with Crippen LogP contribution in [0.25, 0.3) is 0 Å². The second-order valence-electron chi connectivity index (χ2n) is 4.44. The van der Waals surface area contributed by atoms with E-state index in [9.17, 15) is 9.18 Å². The Labute approximate surface area is 117 Å². The predicted octanol–water partition coefficient (Wildman–Crippen LogP) is 1.87. The third kappa shape index (κ3) is 4.25. The van der Waals surface area contributed by atoms with Crippen LogP contribution in [0.15, 0.2) is 18.2 Å². The van der Waals surface area contributed by atoms with Crippen molar-refractivity contribution in [3.8, 4) is 0 Å². The molecule has 0 heterocycles. The second kappa shape index (κ2) is 6.58. The van der Waals surface area contributed by atoms with Gasteiger partial charge in [0, 0.05) is 6.54 Å². The Balaban J connectivity index is 2.96. The SMILES string of the molecule is Cc1cc(C(C(N)=S)N(C)CCC(=O)O)ccc1F. The molecule has 0 aromatic heterocycles. The lowest BCUT2D eigenvalue weighted by Crippen LogP contribution is -2.35. The zero-order valence-electron chi connectivity index (χ0n) is 10.9. The highest BCUT2D eigenvalue weighted by atomic mass is 32.1. The number of likely N-dealkylation sites (N-methyl/N-ethyl adjacent to an activating group) is 1. The van der Waals surface area contributed by atoms with Crippen molar-refractivity contribution < 1.29 is 14.3 Å². The van der Waals surface area contributed by atoms with Crippen LogP contribution in [0.5, 0.6) is 0 Å². The molecule has 1 atom stereocenters. The van der Waals surface area contributed by atoms with Gasteiger partial charge in [-0.25, -0.2) is 4.39 Å². The number of halogens is 1. The first-order valence-corrected chi connectivity index (χ1v) is 6.21. The van der Waals surface area contributed by atoms with Crippen LogP contribution in [-0.4, -0.2) is 34.6 Å². The van der Waals surface area contributed by atoms with Gasteiger partial charge < -0.3 is 10.8 Å². The summed E-state index contributed by atoms with van der Waals surface area (Å²) in [7, 11) is 1.74. The fourth-order valence-corrected chi connectivity index (χ4v) is 2.19. The van der Waals surface area contributed by atoms with Crippen LogP contribution >= 0.6 is 12.2 Å². The Bertz CT molecular complexity index is 494. The van der Waals surface area contributed by atoms with Crippen LogP contribution in [0.2, 0.25) is 0 Å². The van der Waals surface area contributed by atoms with Gasteiger partial charge in [0.25, 0.3) is 0 Å². The molecule has 0 radical (unpaired) electrons. The quantitative estimate of drug-likeness (QED) is 0.781. The smallest absolute Gasteiger partial charge is 0.304 e. The van der Waals surface area contributed by atoms with E-state index in [0.717, 1.165) is 5.56 Å². The number of nitrogens with zero attached hydrogens (tertiary/aromatic N) is 1. The third-order valence-electron chi connectivity index (χ3n) is 2.89. The maximum absolute atomic E-state index is 13.3. The van der Waals surface area contributed by atoms with Crippen LogP contribution in [-0.2, 0) is 4.79 Å². The summed E-state index contributed by atoms with van der Waals surface area (Å²) in [6.07, 6.45) is -0.00418. The Morgan fingerprint density at radius 2 is 2.21 bits per heavy atom. The molecule has 4 nitrogen and oxygen atoms in total. The molecule has 0 bridgehead atoms. The highest BCUT2D eigenvalue weighted by Crippen LogP contribution is 2.22. The monoisotopic (exact) mass is 284 g/mol. The van der Waals surface area contributed by atoms with E-state index in [1.54, 1.807) is 31.0 Å². The first-order valence-electron chi connectivity index (χ1n) is 5.80. The van der Waals surface area contributed by atoms with Crippen molar-refractivity contribution >= 4 is 23.2 Å². The average Bonchev–Trinajstić information content (AvgIpc) is 2.31. The molecule has 0 fully saturated rings. The van der Waals surface area contributed by atoms with Crippen molar-refractivity contribution in [2.24, 2.45) is 5.73 Å². The van der Waals surface area contributed by atoms with Crippen LogP contribution in [0.4, 0.5) is 4.39 Å². The van der Waals surface area contributed by atoms with Gasteiger partial charge in [-0.15, -0.1) is 0 Å². The molecule has 0 amide bonds. The molecule has 0 aliphatic heterocycles. The molecule has 104 valence electrons. The average molecular weight is 284 g/mol. The Morgan fingerprint density at radius 1 is 1.58 bits per heavy atom. The maximum Gasteiger partial charge on any atom is 0.304 e. The van der Waals surface area contributed by atoms with Crippen molar-refractivity contribution in [1.29, 1.82) is 0 Å². The molecule has 1 aromatic rings. The van der Waals surface area contributed by atoms with Crippen molar-refractivity contribution in [2.45, 2.75) is 19.4 Å². The molecular weight excluding hydrogens is 267 g/mol. The fourth-order valence-electron chi connectivity index (χ4n) is 1.88. The van der Waals surface area contributed by atoms with E-state index >= 15 is 0 Å². The molecule has 3 N–H and O–H groups in total. The molecule has 1 aromatic carbocycles. The van der Waals surface area contributed by atoms with E-state index in [-0.39, 0.29) is 17.2 Å². The number of hydrogen-bond acceptors (Lipinski definition) is 3. The third-order valence-corrected chi connectivity index (χ3v) is 3.11. The highest BCUT2D eigenvalue weighted by molar-refractivity contribution is 7.80.